The smallest absolute Gasteiger partial charge is 0.337 e. The molecule has 0 aliphatic carbocycles. The maximum atomic E-state index is 12.5. The molecule has 0 aromatic heterocycles. The van der Waals surface area contributed by atoms with Gasteiger partial charge in [0, 0.05) is 12.2 Å². The Bertz CT molecular complexity index is 1230. The summed E-state index contributed by atoms with van der Waals surface area (Å²) in [6, 6.07) is 19.2. The predicted octanol–water partition coefficient (Wildman–Crippen LogP) is 3.62. The Labute approximate surface area is 196 Å². The number of benzene rings is 3. The molecule has 0 saturated carbocycles. The average molecular weight is 489 g/mol. The van der Waals surface area contributed by atoms with Crippen LogP contribution in [-0.4, -0.2) is 34.0 Å². The summed E-state index contributed by atoms with van der Waals surface area (Å²) >= 11 is 6.16. The lowest BCUT2D eigenvalue weighted by molar-refractivity contribution is -0.118. The van der Waals surface area contributed by atoms with E-state index < -0.39 is 21.9 Å². The van der Waals surface area contributed by atoms with Crippen LogP contribution in [0, 0.1) is 0 Å². The van der Waals surface area contributed by atoms with E-state index in [0.717, 1.165) is 5.56 Å². The molecule has 0 bridgehead atoms. The number of hydrogen-bond acceptors (Lipinski definition) is 6. The fraction of sp³-hybridized carbons (Fsp3) is 0.130. The number of hydrogen-bond donors (Lipinski definition) is 2. The summed E-state index contributed by atoms with van der Waals surface area (Å²) in [6.07, 6.45) is 0. The van der Waals surface area contributed by atoms with E-state index in [1.165, 1.54) is 37.4 Å². The van der Waals surface area contributed by atoms with Gasteiger partial charge in [0.05, 0.1) is 22.6 Å². The van der Waals surface area contributed by atoms with Crippen molar-refractivity contribution < 1.29 is 27.5 Å². The van der Waals surface area contributed by atoms with Crippen LogP contribution in [0.1, 0.15) is 15.9 Å². The van der Waals surface area contributed by atoms with E-state index in [4.69, 9.17) is 16.3 Å². The van der Waals surface area contributed by atoms with Gasteiger partial charge in [-0.2, -0.15) is 0 Å². The van der Waals surface area contributed by atoms with Crippen molar-refractivity contribution in [3.63, 3.8) is 0 Å². The Morgan fingerprint density at radius 1 is 0.970 bits per heavy atom. The number of amides is 1. The van der Waals surface area contributed by atoms with Crippen molar-refractivity contribution in [1.82, 2.24) is 4.72 Å². The van der Waals surface area contributed by atoms with Crippen molar-refractivity contribution in [2.45, 2.75) is 11.4 Å². The highest BCUT2D eigenvalue weighted by Gasteiger charge is 2.16. The molecule has 2 N–H and O–H groups in total. The Morgan fingerprint density at radius 3 is 2.30 bits per heavy atom. The molecule has 0 radical (unpaired) electrons. The number of sulfonamides is 1. The van der Waals surface area contributed by atoms with Crippen LogP contribution in [0.5, 0.6) is 5.75 Å². The first-order valence-corrected chi connectivity index (χ1v) is 11.6. The molecule has 172 valence electrons. The van der Waals surface area contributed by atoms with Crippen LogP contribution in [0.2, 0.25) is 5.02 Å². The zero-order valence-corrected chi connectivity index (χ0v) is 19.2. The zero-order valence-electron chi connectivity index (χ0n) is 17.6. The summed E-state index contributed by atoms with van der Waals surface area (Å²) in [5.41, 5.74) is 1.64. The highest BCUT2D eigenvalue weighted by Crippen LogP contribution is 2.27. The second kappa shape index (κ2) is 11.0. The monoisotopic (exact) mass is 488 g/mol. The minimum Gasteiger partial charge on any atom is -0.482 e. The molecule has 0 saturated heterocycles. The van der Waals surface area contributed by atoms with Gasteiger partial charge >= 0.3 is 5.97 Å². The van der Waals surface area contributed by atoms with Gasteiger partial charge in [-0.3, -0.25) is 4.79 Å². The molecule has 33 heavy (non-hydrogen) atoms. The molecule has 0 heterocycles. The summed E-state index contributed by atoms with van der Waals surface area (Å²) in [5.74, 6) is -0.778. The molecular weight excluding hydrogens is 468 g/mol. The molecule has 1 amide bonds. The second-order valence-corrected chi connectivity index (χ2v) is 8.98. The SMILES string of the molecule is COC(=O)c1ccc(NC(=O)COc2ccc(S(=O)(=O)NCc3ccccc3)cc2Cl)cc1. The Hall–Kier alpha value is -3.40. The third-order valence-electron chi connectivity index (χ3n) is 4.47. The first-order chi connectivity index (χ1) is 15.8. The van der Waals surface area contributed by atoms with Crippen LogP contribution in [0.25, 0.3) is 0 Å². The van der Waals surface area contributed by atoms with Crippen LogP contribution in [0.3, 0.4) is 0 Å². The summed E-state index contributed by atoms with van der Waals surface area (Å²) < 4.78 is 37.6. The lowest BCUT2D eigenvalue weighted by atomic mass is 10.2. The zero-order chi connectivity index (χ0) is 23.8. The maximum absolute atomic E-state index is 12.5. The van der Waals surface area contributed by atoms with Crippen molar-refractivity contribution in [1.29, 1.82) is 0 Å². The molecule has 3 rings (SSSR count). The summed E-state index contributed by atoms with van der Waals surface area (Å²) in [7, 11) is -2.50. The van der Waals surface area contributed by atoms with Gasteiger partial charge in [0.25, 0.3) is 5.91 Å². The molecule has 3 aromatic rings. The topological polar surface area (TPSA) is 111 Å². The van der Waals surface area contributed by atoms with Gasteiger partial charge in [0.1, 0.15) is 5.75 Å². The van der Waals surface area contributed by atoms with Crippen molar-refractivity contribution >= 4 is 39.2 Å². The van der Waals surface area contributed by atoms with Gasteiger partial charge in [-0.15, -0.1) is 0 Å². The van der Waals surface area contributed by atoms with Crippen LogP contribution in [-0.2, 0) is 26.1 Å². The number of anilines is 1. The quantitative estimate of drug-likeness (QED) is 0.445. The fourth-order valence-electron chi connectivity index (χ4n) is 2.77. The minimum atomic E-state index is -3.78. The third kappa shape index (κ3) is 6.79. The number of methoxy groups -OCH3 is 1. The van der Waals surface area contributed by atoms with Crippen LogP contribution in [0.4, 0.5) is 5.69 Å². The number of nitrogens with one attached hydrogen (secondary N) is 2. The predicted molar refractivity (Wildman–Crippen MR) is 124 cm³/mol. The van der Waals surface area contributed by atoms with Crippen molar-refractivity contribution in [3.8, 4) is 5.75 Å². The Balaban J connectivity index is 1.56. The van der Waals surface area contributed by atoms with Gasteiger partial charge in [-0.1, -0.05) is 41.9 Å². The second-order valence-electron chi connectivity index (χ2n) is 6.81. The van der Waals surface area contributed by atoms with Crippen LogP contribution in [0.15, 0.2) is 77.7 Å². The summed E-state index contributed by atoms with van der Waals surface area (Å²) in [4.78, 5) is 23.6. The molecule has 0 aliphatic heterocycles. The molecule has 8 nitrogen and oxygen atoms in total. The minimum absolute atomic E-state index is 0.0223. The number of carbonyl (C=O) groups excluding carboxylic acids is 2. The van der Waals surface area contributed by atoms with Gasteiger partial charge in [0.15, 0.2) is 6.61 Å². The molecule has 10 heteroatoms. The summed E-state index contributed by atoms with van der Waals surface area (Å²) in [5, 5.41) is 2.67. The molecule has 0 fully saturated rings. The van der Waals surface area contributed by atoms with Crippen molar-refractivity contribution in [3.05, 3.63) is 88.9 Å². The van der Waals surface area contributed by atoms with Crippen molar-refractivity contribution in [2.24, 2.45) is 0 Å². The number of esters is 1. The number of rotatable bonds is 9. The molecule has 0 spiro atoms. The van der Waals surface area contributed by atoms with Gasteiger partial charge < -0.3 is 14.8 Å². The van der Waals surface area contributed by atoms with E-state index in [9.17, 15) is 18.0 Å². The fourth-order valence-corrected chi connectivity index (χ4v) is 4.11. The third-order valence-corrected chi connectivity index (χ3v) is 6.17. The average Bonchev–Trinajstić information content (AvgIpc) is 2.82. The maximum Gasteiger partial charge on any atom is 0.337 e. The van der Waals surface area contributed by atoms with E-state index in [0.29, 0.717) is 11.3 Å². The Morgan fingerprint density at radius 2 is 1.67 bits per heavy atom. The first-order valence-electron chi connectivity index (χ1n) is 9.72. The number of halogens is 1. The normalized spacial score (nSPS) is 11.0. The van der Waals surface area contributed by atoms with Crippen molar-refractivity contribution in [2.75, 3.05) is 19.0 Å². The van der Waals surface area contributed by atoms with Crippen LogP contribution >= 0.6 is 11.6 Å². The lowest BCUT2D eigenvalue weighted by Gasteiger charge is -2.11. The first kappa shape index (κ1) is 24.2. The standard InChI is InChI=1S/C23H21ClN2O6S/c1-31-23(28)17-7-9-18(10-8-17)26-22(27)15-32-21-12-11-19(13-20(21)24)33(29,30)25-14-16-5-3-2-4-6-16/h2-13,25H,14-15H2,1H3,(H,26,27). The van der Waals surface area contributed by atoms with E-state index in [1.807, 2.05) is 30.3 Å². The molecular formula is C23H21ClN2O6S. The highest BCUT2D eigenvalue weighted by molar-refractivity contribution is 7.89. The Kier molecular flexibility index (Phi) is 8.05. The number of carbonyl (C=O) groups is 2. The molecule has 0 aliphatic rings. The van der Waals surface area contributed by atoms with E-state index in [1.54, 1.807) is 12.1 Å². The highest BCUT2D eigenvalue weighted by atomic mass is 35.5. The number of ether oxygens (including phenoxy) is 2. The molecule has 3 aromatic carbocycles. The summed E-state index contributed by atoms with van der Waals surface area (Å²) in [6.45, 7) is -0.212. The van der Waals surface area contributed by atoms with E-state index in [-0.39, 0.29) is 28.8 Å². The largest absolute Gasteiger partial charge is 0.482 e. The van der Waals surface area contributed by atoms with E-state index in [2.05, 4.69) is 14.8 Å². The van der Waals surface area contributed by atoms with Gasteiger partial charge in [-0.05, 0) is 48.0 Å². The van der Waals surface area contributed by atoms with E-state index >= 15 is 0 Å². The lowest BCUT2D eigenvalue weighted by Crippen LogP contribution is -2.23. The molecule has 0 unspecified atom stereocenters. The van der Waals surface area contributed by atoms with Gasteiger partial charge in [-0.25, -0.2) is 17.9 Å². The van der Waals surface area contributed by atoms with Gasteiger partial charge in [0.2, 0.25) is 10.0 Å². The van der Waals surface area contributed by atoms with Crippen LogP contribution < -0.4 is 14.8 Å². The molecule has 0 atom stereocenters.